The minimum atomic E-state index is -3.42. The first-order valence-electron chi connectivity index (χ1n) is 13.8. The van der Waals surface area contributed by atoms with E-state index in [1.807, 2.05) is 12.1 Å². The molecule has 1 aliphatic heterocycles. The number of fused-ring (bicyclic) bond motifs is 1. The van der Waals surface area contributed by atoms with Gasteiger partial charge in [0.25, 0.3) is 11.5 Å². The maximum absolute atomic E-state index is 13.8. The normalized spacial score (nSPS) is 14.7. The lowest BCUT2D eigenvalue weighted by molar-refractivity contribution is 0.0980. The predicted octanol–water partition coefficient (Wildman–Crippen LogP) is 4.04. The van der Waals surface area contributed by atoms with Gasteiger partial charge in [0.15, 0.2) is 9.84 Å². The molecule has 218 valence electrons. The van der Waals surface area contributed by atoms with Crippen LogP contribution >= 0.6 is 0 Å². The van der Waals surface area contributed by atoms with Crippen LogP contribution in [0.25, 0.3) is 11.1 Å². The topological polar surface area (TPSA) is 145 Å². The minimum absolute atomic E-state index is 0.0595. The number of carbonyl (C=O) groups is 1. The number of amides is 1. The molecule has 2 aromatic heterocycles. The number of carbonyl (C=O) groups excluding carboxylic acids is 1. The first kappa shape index (κ1) is 28.3. The molecule has 0 saturated heterocycles. The van der Waals surface area contributed by atoms with Crippen LogP contribution in [0, 0.1) is 11.3 Å². The molecule has 2 aromatic carbocycles. The zero-order valence-electron chi connectivity index (χ0n) is 23.7. The van der Waals surface area contributed by atoms with Crippen LogP contribution in [0.2, 0.25) is 0 Å². The first-order chi connectivity index (χ1) is 20.6. The molecule has 0 spiro atoms. The molecule has 43 heavy (non-hydrogen) atoms. The standard InChI is InChI=1S/C32H29N5O5S/c1-36-17-23(14-27(31(36)39)35-29-9-8-24(16-34-29)43(2,41)42)25-4-3-5-28(26(25)18-38)37-11-10-20-12-21(19-6-7-19)13-22(15-33)30(20)32(37)40/h3-5,8-9,12-14,16-17,19,38H,6-7,10-11,18H2,1-2H3,(H,34,35). The number of aliphatic hydroxyl groups is 1. The van der Waals surface area contributed by atoms with E-state index >= 15 is 0 Å². The summed E-state index contributed by atoms with van der Waals surface area (Å²) in [6, 6.07) is 16.0. The third-order valence-corrected chi connectivity index (χ3v) is 9.09. The van der Waals surface area contributed by atoms with Crippen LogP contribution < -0.4 is 15.8 Å². The summed E-state index contributed by atoms with van der Waals surface area (Å²) in [7, 11) is -1.82. The summed E-state index contributed by atoms with van der Waals surface area (Å²) >= 11 is 0. The summed E-state index contributed by atoms with van der Waals surface area (Å²) in [5.74, 6) is 0.471. The monoisotopic (exact) mass is 595 g/mol. The van der Waals surface area contributed by atoms with E-state index in [1.165, 1.54) is 22.9 Å². The van der Waals surface area contributed by atoms with E-state index in [0.717, 1.165) is 30.2 Å². The van der Waals surface area contributed by atoms with Crippen molar-refractivity contribution in [2.45, 2.75) is 36.7 Å². The summed E-state index contributed by atoms with van der Waals surface area (Å²) in [6.45, 7) is 0.0322. The maximum Gasteiger partial charge on any atom is 0.274 e. The molecule has 6 rings (SSSR count). The van der Waals surface area contributed by atoms with Gasteiger partial charge in [0.2, 0.25) is 0 Å². The smallest absolute Gasteiger partial charge is 0.274 e. The van der Waals surface area contributed by atoms with Gasteiger partial charge in [-0.2, -0.15) is 5.26 Å². The highest BCUT2D eigenvalue weighted by atomic mass is 32.2. The maximum atomic E-state index is 13.8. The molecule has 0 bridgehead atoms. The highest BCUT2D eigenvalue weighted by molar-refractivity contribution is 7.90. The summed E-state index contributed by atoms with van der Waals surface area (Å²) in [5.41, 5.74) is 4.94. The molecular weight excluding hydrogens is 566 g/mol. The van der Waals surface area contributed by atoms with Crippen LogP contribution in [0.3, 0.4) is 0 Å². The number of rotatable bonds is 7. The van der Waals surface area contributed by atoms with Crippen LogP contribution in [0.5, 0.6) is 0 Å². The van der Waals surface area contributed by atoms with Crippen molar-refractivity contribution in [1.29, 1.82) is 5.26 Å². The van der Waals surface area contributed by atoms with E-state index in [2.05, 4.69) is 22.4 Å². The fourth-order valence-corrected chi connectivity index (χ4v) is 6.20. The van der Waals surface area contributed by atoms with Gasteiger partial charge in [-0.1, -0.05) is 18.2 Å². The van der Waals surface area contributed by atoms with E-state index < -0.39 is 9.84 Å². The highest BCUT2D eigenvalue weighted by Gasteiger charge is 2.33. The lowest BCUT2D eigenvalue weighted by atomic mass is 9.90. The number of nitrogens with one attached hydrogen (secondary N) is 1. The lowest BCUT2D eigenvalue weighted by Gasteiger charge is -2.31. The number of hydrogen-bond donors (Lipinski definition) is 2. The average molecular weight is 596 g/mol. The summed E-state index contributed by atoms with van der Waals surface area (Å²) in [4.78, 5) is 32.6. The molecule has 1 amide bonds. The number of sulfone groups is 1. The fourth-order valence-electron chi connectivity index (χ4n) is 5.64. The molecule has 2 N–H and O–H groups in total. The number of aliphatic hydroxyl groups excluding tert-OH is 1. The van der Waals surface area contributed by atoms with Gasteiger partial charge < -0.3 is 19.9 Å². The van der Waals surface area contributed by atoms with Crippen LogP contribution in [-0.4, -0.2) is 41.8 Å². The first-order valence-corrected chi connectivity index (χ1v) is 15.7. The molecule has 0 atom stereocenters. The number of nitrogens with zero attached hydrogens (tertiary/aromatic N) is 4. The van der Waals surface area contributed by atoms with E-state index in [9.17, 15) is 28.4 Å². The molecule has 3 heterocycles. The van der Waals surface area contributed by atoms with Crippen molar-refractivity contribution < 1.29 is 18.3 Å². The van der Waals surface area contributed by atoms with Crippen molar-refractivity contribution in [3.63, 3.8) is 0 Å². The van der Waals surface area contributed by atoms with Gasteiger partial charge in [0.05, 0.1) is 34.4 Å². The number of pyridine rings is 2. The van der Waals surface area contributed by atoms with Crippen molar-refractivity contribution in [2.75, 3.05) is 23.0 Å². The second kappa shape index (κ2) is 10.8. The summed E-state index contributed by atoms with van der Waals surface area (Å²) in [5, 5.41) is 23.4. The average Bonchev–Trinajstić information content (AvgIpc) is 3.84. The Kier molecular flexibility index (Phi) is 7.12. The zero-order chi connectivity index (χ0) is 30.5. The number of nitriles is 1. The van der Waals surface area contributed by atoms with Crippen LogP contribution in [0.4, 0.5) is 17.2 Å². The molecule has 0 unspecified atom stereocenters. The second-order valence-corrected chi connectivity index (χ2v) is 13.0. The van der Waals surface area contributed by atoms with Crippen molar-refractivity contribution in [3.05, 3.63) is 99.1 Å². The number of aryl methyl sites for hydroxylation is 1. The number of aromatic nitrogens is 2. The van der Waals surface area contributed by atoms with E-state index in [0.29, 0.717) is 52.4 Å². The van der Waals surface area contributed by atoms with Crippen LogP contribution in [0.15, 0.2) is 70.6 Å². The molecule has 2 aliphatic rings. The Hall–Kier alpha value is -4.79. The van der Waals surface area contributed by atoms with Crippen LogP contribution in [0.1, 0.15) is 51.4 Å². The second-order valence-electron chi connectivity index (χ2n) is 11.0. The molecule has 0 radical (unpaired) electrons. The zero-order valence-corrected chi connectivity index (χ0v) is 24.5. The summed E-state index contributed by atoms with van der Waals surface area (Å²) in [6.07, 6.45) is 6.75. The fraction of sp³-hybridized carbons (Fsp3) is 0.250. The van der Waals surface area contributed by atoms with Crippen molar-refractivity contribution in [1.82, 2.24) is 9.55 Å². The quantitative estimate of drug-likeness (QED) is 0.326. The van der Waals surface area contributed by atoms with Gasteiger partial charge in [-0.25, -0.2) is 13.4 Å². The highest BCUT2D eigenvalue weighted by Crippen LogP contribution is 2.42. The SMILES string of the molecule is Cn1cc(-c2cccc(N3CCc4cc(C5CC5)cc(C#N)c4C3=O)c2CO)cc(Nc2ccc(S(C)(=O)=O)cn2)c1=O. The van der Waals surface area contributed by atoms with Gasteiger partial charge >= 0.3 is 0 Å². The molecular formula is C32H29N5O5S. The Morgan fingerprint density at radius 1 is 1.14 bits per heavy atom. The van der Waals surface area contributed by atoms with E-state index in [4.69, 9.17) is 0 Å². The number of benzene rings is 2. The Labute approximate surface area is 248 Å². The molecule has 11 heteroatoms. The molecule has 1 fully saturated rings. The molecule has 1 saturated carbocycles. The third kappa shape index (κ3) is 5.31. The van der Waals surface area contributed by atoms with Crippen molar-refractivity contribution in [3.8, 4) is 17.2 Å². The predicted molar refractivity (Wildman–Crippen MR) is 162 cm³/mol. The Morgan fingerprint density at radius 2 is 1.93 bits per heavy atom. The number of hydrogen-bond acceptors (Lipinski definition) is 8. The minimum Gasteiger partial charge on any atom is -0.392 e. The van der Waals surface area contributed by atoms with Gasteiger partial charge in [-0.15, -0.1) is 0 Å². The van der Waals surface area contributed by atoms with Crippen LogP contribution in [-0.2, 0) is 29.9 Å². The van der Waals surface area contributed by atoms with Crippen molar-refractivity contribution in [2.24, 2.45) is 7.05 Å². The Bertz CT molecular complexity index is 1990. The molecule has 10 nitrogen and oxygen atoms in total. The molecule has 4 aromatic rings. The Morgan fingerprint density at radius 3 is 2.58 bits per heavy atom. The largest absolute Gasteiger partial charge is 0.392 e. The number of anilines is 3. The third-order valence-electron chi connectivity index (χ3n) is 8.00. The summed E-state index contributed by atoms with van der Waals surface area (Å²) < 4.78 is 25.0. The van der Waals surface area contributed by atoms with Gasteiger partial charge in [0, 0.05) is 43.4 Å². The van der Waals surface area contributed by atoms with Gasteiger partial charge in [-0.05, 0) is 72.2 Å². The van der Waals surface area contributed by atoms with E-state index in [1.54, 1.807) is 36.3 Å². The molecule has 1 aliphatic carbocycles. The Balaban J connectivity index is 1.37. The van der Waals surface area contributed by atoms with Gasteiger partial charge in [-0.3, -0.25) is 9.59 Å². The van der Waals surface area contributed by atoms with Gasteiger partial charge in [0.1, 0.15) is 11.5 Å². The lowest BCUT2D eigenvalue weighted by Crippen LogP contribution is -2.39. The van der Waals surface area contributed by atoms with E-state index in [-0.39, 0.29) is 34.5 Å². The van der Waals surface area contributed by atoms with Crippen molar-refractivity contribution >= 4 is 32.9 Å².